The van der Waals surface area contributed by atoms with Gasteiger partial charge in [-0.15, -0.1) is 11.3 Å². The van der Waals surface area contributed by atoms with Gasteiger partial charge in [0, 0.05) is 29.5 Å². The Morgan fingerprint density at radius 1 is 1.56 bits per heavy atom. The van der Waals surface area contributed by atoms with E-state index in [-0.39, 0.29) is 5.54 Å². The van der Waals surface area contributed by atoms with Gasteiger partial charge in [-0.05, 0) is 50.5 Å². The van der Waals surface area contributed by atoms with Gasteiger partial charge < -0.3 is 5.73 Å². The first-order chi connectivity index (χ1) is 8.57. The largest absolute Gasteiger partial charge is 0.329 e. The molecule has 0 saturated heterocycles. The Kier molecular flexibility index (Phi) is 4.46. The number of hydrogen-bond acceptors (Lipinski definition) is 3. The molecule has 1 aliphatic carbocycles. The van der Waals surface area contributed by atoms with Gasteiger partial charge in [0.1, 0.15) is 0 Å². The Hall–Kier alpha value is -0.380. The second-order valence-corrected chi connectivity index (χ2v) is 7.11. The van der Waals surface area contributed by atoms with Crippen molar-refractivity contribution in [1.82, 2.24) is 4.90 Å². The molecule has 0 radical (unpaired) electrons. The molecule has 1 aromatic heterocycles. The van der Waals surface area contributed by atoms with Crippen LogP contribution in [0.4, 0.5) is 0 Å². The summed E-state index contributed by atoms with van der Waals surface area (Å²) in [5, 5.41) is 2.17. The maximum atomic E-state index is 6.16. The lowest BCUT2D eigenvalue weighted by molar-refractivity contribution is 0.0559. The van der Waals surface area contributed by atoms with Crippen molar-refractivity contribution < 1.29 is 0 Å². The van der Waals surface area contributed by atoms with E-state index in [2.05, 4.69) is 43.2 Å². The Balaban J connectivity index is 2.18. The predicted octanol–water partition coefficient (Wildman–Crippen LogP) is 3.48. The van der Waals surface area contributed by atoms with Crippen LogP contribution in [0, 0.1) is 5.92 Å². The number of nitrogens with zero attached hydrogens (tertiary/aromatic N) is 1. The van der Waals surface area contributed by atoms with Gasteiger partial charge in [0.05, 0.1) is 0 Å². The molecule has 2 rings (SSSR count). The zero-order chi connectivity index (χ0) is 13.2. The van der Waals surface area contributed by atoms with Crippen LogP contribution in [0.5, 0.6) is 0 Å². The molecule has 0 amide bonds. The quantitative estimate of drug-likeness (QED) is 0.884. The van der Waals surface area contributed by atoms with Crippen LogP contribution in [0.15, 0.2) is 17.5 Å². The lowest BCUT2D eigenvalue weighted by Crippen LogP contribution is -2.54. The van der Waals surface area contributed by atoms with Gasteiger partial charge in [0.15, 0.2) is 0 Å². The van der Waals surface area contributed by atoms with E-state index in [1.807, 2.05) is 11.3 Å². The van der Waals surface area contributed by atoms with Crippen LogP contribution in [0.1, 0.15) is 44.9 Å². The first-order valence-electron chi connectivity index (χ1n) is 7.06. The van der Waals surface area contributed by atoms with Gasteiger partial charge in [-0.2, -0.15) is 0 Å². The minimum atomic E-state index is 0.234. The third-order valence-corrected chi connectivity index (χ3v) is 5.21. The highest BCUT2D eigenvalue weighted by molar-refractivity contribution is 7.09. The van der Waals surface area contributed by atoms with Crippen molar-refractivity contribution in [2.24, 2.45) is 11.7 Å². The average Bonchev–Trinajstić information content (AvgIpc) is 2.95. The average molecular weight is 266 g/mol. The molecule has 0 aromatic carbocycles. The second-order valence-electron chi connectivity index (χ2n) is 6.08. The highest BCUT2D eigenvalue weighted by atomic mass is 32.1. The number of hydrogen-bond donors (Lipinski definition) is 1. The van der Waals surface area contributed by atoms with Crippen molar-refractivity contribution in [3.8, 4) is 0 Å². The zero-order valence-corrected chi connectivity index (χ0v) is 12.7. The van der Waals surface area contributed by atoms with E-state index >= 15 is 0 Å². The molecule has 3 heteroatoms. The predicted molar refractivity (Wildman–Crippen MR) is 79.8 cm³/mol. The molecule has 0 spiro atoms. The van der Waals surface area contributed by atoms with Crippen LogP contribution >= 0.6 is 11.3 Å². The summed E-state index contributed by atoms with van der Waals surface area (Å²) < 4.78 is 0. The number of nitrogens with two attached hydrogens (primary N) is 1. The minimum absolute atomic E-state index is 0.234. The molecule has 2 N–H and O–H groups in total. The number of thiophene rings is 1. The van der Waals surface area contributed by atoms with E-state index in [1.54, 1.807) is 0 Å². The topological polar surface area (TPSA) is 29.3 Å². The van der Waals surface area contributed by atoms with Crippen LogP contribution in [-0.4, -0.2) is 23.0 Å². The monoisotopic (exact) mass is 266 g/mol. The van der Waals surface area contributed by atoms with Crippen LogP contribution in [-0.2, 0) is 6.54 Å². The maximum absolute atomic E-state index is 6.16. The fourth-order valence-corrected chi connectivity index (χ4v) is 4.10. The summed E-state index contributed by atoms with van der Waals surface area (Å²) in [5.74, 6) is 0.818. The van der Waals surface area contributed by atoms with E-state index in [4.69, 9.17) is 5.73 Å². The highest BCUT2D eigenvalue weighted by Crippen LogP contribution is 2.40. The molecule has 2 nitrogen and oxygen atoms in total. The first-order valence-corrected chi connectivity index (χ1v) is 7.94. The molecule has 1 heterocycles. The van der Waals surface area contributed by atoms with Crippen molar-refractivity contribution in [2.45, 2.75) is 58.2 Å². The summed E-state index contributed by atoms with van der Waals surface area (Å²) in [5.41, 5.74) is 6.39. The molecule has 0 aliphatic heterocycles. The lowest BCUT2D eigenvalue weighted by atomic mass is 9.92. The lowest BCUT2D eigenvalue weighted by Gasteiger charge is -2.43. The number of rotatable bonds is 5. The molecule has 2 atom stereocenters. The normalized spacial score (nSPS) is 28.4. The minimum Gasteiger partial charge on any atom is -0.329 e. The van der Waals surface area contributed by atoms with Gasteiger partial charge in [0.25, 0.3) is 0 Å². The van der Waals surface area contributed by atoms with Crippen molar-refractivity contribution in [3.63, 3.8) is 0 Å². The van der Waals surface area contributed by atoms with E-state index in [9.17, 15) is 0 Å². The second kappa shape index (κ2) is 5.72. The molecule has 1 saturated carbocycles. The summed E-state index contributed by atoms with van der Waals surface area (Å²) in [4.78, 5) is 4.10. The molecular formula is C15H26N2S. The van der Waals surface area contributed by atoms with Crippen molar-refractivity contribution in [1.29, 1.82) is 0 Å². The van der Waals surface area contributed by atoms with Crippen molar-refractivity contribution in [3.05, 3.63) is 22.4 Å². The Labute approximate surface area is 115 Å². The summed E-state index contributed by atoms with van der Waals surface area (Å²) in [6.07, 6.45) is 3.84. The Morgan fingerprint density at radius 3 is 2.78 bits per heavy atom. The van der Waals surface area contributed by atoms with Gasteiger partial charge in [0.2, 0.25) is 0 Å². The zero-order valence-electron chi connectivity index (χ0n) is 11.9. The fourth-order valence-electron chi connectivity index (χ4n) is 3.40. The first kappa shape index (κ1) is 14.0. The molecule has 1 aromatic rings. The van der Waals surface area contributed by atoms with Crippen LogP contribution < -0.4 is 5.73 Å². The third-order valence-electron chi connectivity index (χ3n) is 4.35. The standard InChI is InChI=1S/C15H26N2S/c1-12(2)17(10-14-5-4-8-18-14)15(11-16)7-6-13(3)9-15/h4-5,8,12-13H,6-7,9-11,16H2,1-3H3. The van der Waals surface area contributed by atoms with Crippen LogP contribution in [0.2, 0.25) is 0 Å². The highest BCUT2D eigenvalue weighted by Gasteiger charge is 2.42. The molecule has 102 valence electrons. The fraction of sp³-hybridized carbons (Fsp3) is 0.733. The summed E-state index contributed by atoms with van der Waals surface area (Å²) in [6.45, 7) is 8.81. The van der Waals surface area contributed by atoms with Gasteiger partial charge in [-0.25, -0.2) is 0 Å². The SMILES string of the molecule is CC1CCC(CN)(N(Cc2cccs2)C(C)C)C1. The van der Waals surface area contributed by atoms with Crippen LogP contribution in [0.25, 0.3) is 0 Å². The molecular weight excluding hydrogens is 240 g/mol. The summed E-state index contributed by atoms with van der Waals surface area (Å²) >= 11 is 1.85. The Morgan fingerprint density at radius 2 is 2.33 bits per heavy atom. The molecule has 1 fully saturated rings. The maximum Gasteiger partial charge on any atom is 0.0340 e. The third kappa shape index (κ3) is 2.79. The van der Waals surface area contributed by atoms with Crippen LogP contribution in [0.3, 0.4) is 0 Å². The van der Waals surface area contributed by atoms with Gasteiger partial charge in [-0.3, -0.25) is 4.90 Å². The smallest absolute Gasteiger partial charge is 0.0340 e. The van der Waals surface area contributed by atoms with E-state index in [1.165, 1.54) is 24.1 Å². The molecule has 18 heavy (non-hydrogen) atoms. The van der Waals surface area contributed by atoms with Crippen molar-refractivity contribution in [2.75, 3.05) is 6.54 Å². The Bertz CT molecular complexity index is 361. The van der Waals surface area contributed by atoms with Gasteiger partial charge >= 0.3 is 0 Å². The summed E-state index contributed by atoms with van der Waals surface area (Å²) in [7, 11) is 0. The van der Waals surface area contributed by atoms with E-state index in [0.29, 0.717) is 6.04 Å². The van der Waals surface area contributed by atoms with E-state index in [0.717, 1.165) is 19.0 Å². The van der Waals surface area contributed by atoms with Crippen molar-refractivity contribution >= 4 is 11.3 Å². The summed E-state index contributed by atoms with van der Waals surface area (Å²) in [6, 6.07) is 4.94. The van der Waals surface area contributed by atoms with E-state index < -0.39 is 0 Å². The molecule has 0 bridgehead atoms. The van der Waals surface area contributed by atoms with Gasteiger partial charge in [-0.1, -0.05) is 13.0 Å². The molecule has 1 aliphatic rings. The molecule has 2 unspecified atom stereocenters.